The SMILES string of the molecule is CCCCCCCCCCCCCCCCCC/C=C/C(=Nc1cc(CCCC)cc(CCCC)c1)C(CCCCCCCC)=Nc1cc(CCCC)cc(CCCC)c1. The molecule has 0 radical (unpaired) electrons. The summed E-state index contributed by atoms with van der Waals surface area (Å²) >= 11 is 0. The van der Waals surface area contributed by atoms with E-state index in [0.29, 0.717) is 0 Å². The summed E-state index contributed by atoms with van der Waals surface area (Å²) in [4.78, 5) is 11.2. The third kappa shape index (κ3) is 27.5. The fourth-order valence-corrected chi connectivity index (χ4v) is 8.53. The van der Waals surface area contributed by atoms with Crippen LogP contribution >= 0.6 is 0 Å². The lowest BCUT2D eigenvalue weighted by Crippen LogP contribution is -2.12. The van der Waals surface area contributed by atoms with E-state index in [9.17, 15) is 0 Å². The fraction of sp³-hybridized carbons (Fsp3) is 0.724. The lowest BCUT2D eigenvalue weighted by atomic mass is 10.00. The maximum Gasteiger partial charge on any atom is 0.0848 e. The monoisotopic (exact) mass is 823 g/mol. The molecule has 0 saturated heterocycles. The number of hydrogen-bond acceptors (Lipinski definition) is 2. The quantitative estimate of drug-likeness (QED) is 0.0472. The molecule has 2 heteroatoms. The van der Waals surface area contributed by atoms with Gasteiger partial charge in [-0.05, 0) is 130 Å². The minimum atomic E-state index is 0.982. The van der Waals surface area contributed by atoms with Crippen molar-refractivity contribution in [3.05, 3.63) is 70.8 Å². The van der Waals surface area contributed by atoms with Crippen molar-refractivity contribution < 1.29 is 0 Å². The van der Waals surface area contributed by atoms with E-state index in [4.69, 9.17) is 9.98 Å². The van der Waals surface area contributed by atoms with Gasteiger partial charge in [-0.3, -0.25) is 4.99 Å². The van der Waals surface area contributed by atoms with Gasteiger partial charge in [0.15, 0.2) is 0 Å². The van der Waals surface area contributed by atoms with Crippen LogP contribution in [0.15, 0.2) is 58.5 Å². The molecule has 0 N–H and O–H groups in total. The van der Waals surface area contributed by atoms with Crippen molar-refractivity contribution in [3.63, 3.8) is 0 Å². The van der Waals surface area contributed by atoms with Gasteiger partial charge in [0.05, 0.1) is 22.8 Å². The van der Waals surface area contributed by atoms with Crippen molar-refractivity contribution in [2.75, 3.05) is 0 Å². The Bertz CT molecular complexity index is 1340. The summed E-state index contributed by atoms with van der Waals surface area (Å²) < 4.78 is 0. The molecule has 0 aliphatic rings. The van der Waals surface area contributed by atoms with Crippen molar-refractivity contribution in [3.8, 4) is 0 Å². The van der Waals surface area contributed by atoms with Crippen LogP contribution in [0.5, 0.6) is 0 Å². The fourth-order valence-electron chi connectivity index (χ4n) is 8.53. The summed E-state index contributed by atoms with van der Waals surface area (Å²) in [5, 5.41) is 0. The highest BCUT2D eigenvalue weighted by Crippen LogP contribution is 2.26. The van der Waals surface area contributed by atoms with Crippen LogP contribution in [0.25, 0.3) is 0 Å². The topological polar surface area (TPSA) is 24.7 Å². The predicted molar refractivity (Wildman–Crippen MR) is 273 cm³/mol. The standard InChI is InChI=1S/C58H98N2/c1-7-13-19-21-23-24-25-26-27-28-29-30-31-32-33-34-36-38-44-58(60-56-49-53(41-17-11-5)46-54(50-56)42-18-12-6)57(43-37-35-22-20-14-8-2)59-55-47-51(39-15-9-3)45-52(48-55)40-16-10-4/h38,44-50H,7-37,39-43H2,1-6H3/b44-38+,59-57?,60-58?. The van der Waals surface area contributed by atoms with E-state index in [2.05, 4.69) is 90.1 Å². The molecule has 2 nitrogen and oxygen atoms in total. The van der Waals surface area contributed by atoms with Crippen LogP contribution in [0, 0.1) is 0 Å². The number of aliphatic imine (C=N–C) groups is 2. The molecular weight excluding hydrogens is 725 g/mol. The van der Waals surface area contributed by atoms with Gasteiger partial charge >= 0.3 is 0 Å². The third-order valence-corrected chi connectivity index (χ3v) is 12.4. The van der Waals surface area contributed by atoms with E-state index in [1.54, 1.807) is 0 Å². The van der Waals surface area contributed by atoms with E-state index in [1.165, 1.54) is 221 Å². The maximum absolute atomic E-state index is 5.60. The van der Waals surface area contributed by atoms with Gasteiger partial charge in [-0.1, -0.05) is 214 Å². The van der Waals surface area contributed by atoms with E-state index < -0.39 is 0 Å². The number of unbranched alkanes of at least 4 members (excludes halogenated alkanes) is 25. The van der Waals surface area contributed by atoms with Crippen molar-refractivity contribution in [1.82, 2.24) is 0 Å². The first-order chi connectivity index (χ1) is 29.6. The Morgan fingerprint density at radius 3 is 1.03 bits per heavy atom. The second kappa shape index (κ2) is 38.2. The number of hydrogen-bond donors (Lipinski definition) is 0. The van der Waals surface area contributed by atoms with E-state index in [1.807, 2.05) is 0 Å². The van der Waals surface area contributed by atoms with Crippen LogP contribution in [-0.4, -0.2) is 11.4 Å². The molecule has 2 aromatic carbocycles. The molecule has 2 rings (SSSR count). The minimum Gasteiger partial charge on any atom is -0.251 e. The zero-order valence-electron chi connectivity index (χ0n) is 41.0. The highest BCUT2D eigenvalue weighted by Gasteiger charge is 2.11. The van der Waals surface area contributed by atoms with Gasteiger partial charge in [0, 0.05) is 0 Å². The highest BCUT2D eigenvalue weighted by atomic mass is 14.8. The van der Waals surface area contributed by atoms with Crippen molar-refractivity contribution >= 4 is 22.8 Å². The molecule has 0 unspecified atom stereocenters. The Labute approximate surface area is 374 Å². The molecule has 0 spiro atoms. The summed E-state index contributed by atoms with van der Waals surface area (Å²) in [5.74, 6) is 0. The molecular formula is C58H98N2. The first-order valence-corrected chi connectivity index (χ1v) is 26.6. The van der Waals surface area contributed by atoms with E-state index in [0.717, 1.165) is 55.6 Å². The van der Waals surface area contributed by atoms with Crippen LogP contribution in [0.4, 0.5) is 11.4 Å². The van der Waals surface area contributed by atoms with Crippen molar-refractivity contribution in [2.45, 2.75) is 273 Å². The molecule has 0 fully saturated rings. The molecule has 340 valence electrons. The van der Waals surface area contributed by atoms with Gasteiger partial charge in [0.25, 0.3) is 0 Å². The zero-order valence-corrected chi connectivity index (χ0v) is 41.0. The minimum absolute atomic E-state index is 0.982. The normalized spacial score (nSPS) is 12.4. The maximum atomic E-state index is 5.60. The van der Waals surface area contributed by atoms with Gasteiger partial charge in [-0.2, -0.15) is 0 Å². The number of benzene rings is 2. The Hall–Kier alpha value is -2.48. The summed E-state index contributed by atoms with van der Waals surface area (Å²) in [6, 6.07) is 14.5. The molecule has 0 atom stereocenters. The summed E-state index contributed by atoms with van der Waals surface area (Å²) in [7, 11) is 0. The second-order valence-corrected chi connectivity index (χ2v) is 18.5. The molecule has 0 saturated carbocycles. The van der Waals surface area contributed by atoms with Crippen LogP contribution in [0.3, 0.4) is 0 Å². The van der Waals surface area contributed by atoms with Gasteiger partial charge in [-0.15, -0.1) is 0 Å². The van der Waals surface area contributed by atoms with Crippen LogP contribution < -0.4 is 0 Å². The first kappa shape index (κ1) is 53.7. The first-order valence-electron chi connectivity index (χ1n) is 26.6. The van der Waals surface area contributed by atoms with E-state index in [-0.39, 0.29) is 0 Å². The lowest BCUT2D eigenvalue weighted by molar-refractivity contribution is 0.530. The average molecular weight is 823 g/mol. The molecule has 0 amide bonds. The van der Waals surface area contributed by atoms with Crippen LogP contribution in [-0.2, 0) is 25.7 Å². The summed E-state index contributed by atoms with van der Waals surface area (Å²) in [6.45, 7) is 13.8. The van der Waals surface area contributed by atoms with Gasteiger partial charge in [-0.25, -0.2) is 4.99 Å². The Kier molecular flexibility index (Phi) is 34.2. The van der Waals surface area contributed by atoms with Crippen LogP contribution in [0.2, 0.25) is 0 Å². The number of nitrogens with zero attached hydrogens (tertiary/aromatic N) is 2. The largest absolute Gasteiger partial charge is 0.251 e. The number of allylic oxidation sites excluding steroid dienone is 2. The van der Waals surface area contributed by atoms with Crippen LogP contribution in [0.1, 0.15) is 269 Å². The number of rotatable bonds is 40. The third-order valence-electron chi connectivity index (χ3n) is 12.4. The second-order valence-electron chi connectivity index (χ2n) is 18.5. The molecule has 0 aliphatic heterocycles. The van der Waals surface area contributed by atoms with E-state index >= 15 is 0 Å². The molecule has 0 bridgehead atoms. The number of aryl methyl sites for hydroxylation is 4. The lowest BCUT2D eigenvalue weighted by Gasteiger charge is -2.12. The molecule has 0 aliphatic carbocycles. The zero-order chi connectivity index (χ0) is 43.1. The van der Waals surface area contributed by atoms with Crippen molar-refractivity contribution in [1.29, 1.82) is 0 Å². The van der Waals surface area contributed by atoms with Gasteiger partial charge in [0.1, 0.15) is 0 Å². The van der Waals surface area contributed by atoms with Crippen molar-refractivity contribution in [2.24, 2.45) is 9.98 Å². The Morgan fingerprint density at radius 1 is 0.350 bits per heavy atom. The summed E-state index contributed by atoms with van der Waals surface area (Å²) in [5.41, 5.74) is 10.3. The molecule has 60 heavy (non-hydrogen) atoms. The Balaban J connectivity index is 2.28. The smallest absolute Gasteiger partial charge is 0.0848 e. The van der Waals surface area contributed by atoms with Gasteiger partial charge in [0.2, 0.25) is 0 Å². The highest BCUT2D eigenvalue weighted by molar-refractivity contribution is 6.47. The summed E-state index contributed by atoms with van der Waals surface area (Å²) in [6.07, 6.45) is 51.6. The average Bonchev–Trinajstić information content (AvgIpc) is 3.26. The molecule has 2 aromatic rings. The predicted octanol–water partition coefficient (Wildman–Crippen LogP) is 19.9. The Morgan fingerprint density at radius 2 is 0.667 bits per heavy atom. The molecule has 0 heterocycles. The van der Waals surface area contributed by atoms with Gasteiger partial charge < -0.3 is 0 Å². The molecule has 0 aromatic heterocycles.